The Morgan fingerprint density at radius 2 is 1.88 bits per heavy atom. The molecule has 0 fully saturated rings. The number of methoxy groups -OCH3 is 1. The first kappa shape index (κ1) is 16.2. The average molecular weight is 349 g/mol. The van der Waals surface area contributed by atoms with Crippen LogP contribution in [0.25, 0.3) is 0 Å². The molecule has 2 heterocycles. The fraction of sp³-hybridized carbons (Fsp3) is 0.200. The zero-order valence-electron chi connectivity index (χ0n) is 14.8. The van der Waals surface area contributed by atoms with E-state index in [2.05, 4.69) is 10.2 Å². The Balaban J connectivity index is 1.91. The fourth-order valence-electron chi connectivity index (χ4n) is 3.45. The molecule has 4 rings (SSSR count). The van der Waals surface area contributed by atoms with Gasteiger partial charge in [-0.3, -0.25) is 14.8 Å². The molecule has 3 aromatic rings. The minimum Gasteiger partial charge on any atom is -0.504 e. The van der Waals surface area contributed by atoms with Crippen LogP contribution in [0.4, 0.5) is 5.69 Å². The quantitative estimate of drug-likeness (QED) is 0.759. The number of H-pyrrole nitrogens is 1. The van der Waals surface area contributed by atoms with Crippen LogP contribution in [0.5, 0.6) is 11.5 Å². The Labute approximate surface area is 151 Å². The standard InChI is InChI=1S/C20H19N3O3/c1-11-4-7-14(8-5-11)23-19(13-6-9-15(24)16(10-13)26-3)17-12(2)21-22-18(17)20(23)25/h4-10,19,24H,1-3H3,(H,21,22)/t19-/m0/s1. The Hall–Kier alpha value is -3.28. The molecule has 6 heteroatoms. The fourth-order valence-corrected chi connectivity index (χ4v) is 3.45. The van der Waals surface area contributed by atoms with Crippen molar-refractivity contribution < 1.29 is 14.6 Å². The van der Waals surface area contributed by atoms with Crippen molar-refractivity contribution in [2.45, 2.75) is 19.9 Å². The molecular formula is C20H19N3O3. The zero-order chi connectivity index (χ0) is 18.4. The Morgan fingerprint density at radius 1 is 1.15 bits per heavy atom. The third kappa shape index (κ3) is 2.34. The summed E-state index contributed by atoms with van der Waals surface area (Å²) in [5.41, 5.74) is 4.90. The van der Waals surface area contributed by atoms with Crippen molar-refractivity contribution in [2.24, 2.45) is 0 Å². The van der Waals surface area contributed by atoms with Crippen LogP contribution in [0.3, 0.4) is 0 Å². The van der Waals surface area contributed by atoms with Crippen LogP contribution in [-0.2, 0) is 0 Å². The van der Waals surface area contributed by atoms with E-state index in [4.69, 9.17) is 4.74 Å². The highest BCUT2D eigenvalue weighted by Crippen LogP contribution is 2.43. The first-order chi connectivity index (χ1) is 12.5. The predicted octanol–water partition coefficient (Wildman–Crippen LogP) is 3.49. The van der Waals surface area contributed by atoms with Crippen molar-refractivity contribution in [3.63, 3.8) is 0 Å². The van der Waals surface area contributed by atoms with Gasteiger partial charge in [0.05, 0.1) is 13.2 Å². The molecule has 26 heavy (non-hydrogen) atoms. The van der Waals surface area contributed by atoms with Crippen molar-refractivity contribution in [3.05, 3.63) is 70.5 Å². The first-order valence-electron chi connectivity index (χ1n) is 8.33. The van der Waals surface area contributed by atoms with E-state index in [-0.39, 0.29) is 17.7 Å². The van der Waals surface area contributed by atoms with Crippen molar-refractivity contribution in [3.8, 4) is 11.5 Å². The van der Waals surface area contributed by atoms with Crippen LogP contribution < -0.4 is 9.64 Å². The van der Waals surface area contributed by atoms with Crippen molar-refractivity contribution >= 4 is 11.6 Å². The number of hydrogen-bond donors (Lipinski definition) is 2. The number of amides is 1. The van der Waals surface area contributed by atoms with E-state index < -0.39 is 0 Å². The highest BCUT2D eigenvalue weighted by Gasteiger charge is 2.42. The molecule has 0 radical (unpaired) electrons. The van der Waals surface area contributed by atoms with Gasteiger partial charge in [-0.05, 0) is 43.7 Å². The molecule has 2 N–H and O–H groups in total. The number of nitrogens with zero attached hydrogens (tertiary/aromatic N) is 2. The third-order valence-corrected chi connectivity index (χ3v) is 4.78. The average Bonchev–Trinajstić information content (AvgIpc) is 3.15. The number of aryl methyl sites for hydroxylation is 2. The number of nitrogens with one attached hydrogen (secondary N) is 1. The maximum Gasteiger partial charge on any atom is 0.279 e. The number of benzene rings is 2. The highest BCUT2D eigenvalue weighted by atomic mass is 16.5. The Bertz CT molecular complexity index is 992. The van der Waals surface area contributed by atoms with Gasteiger partial charge in [-0.2, -0.15) is 5.10 Å². The van der Waals surface area contributed by atoms with Crippen LogP contribution in [0.1, 0.15) is 38.9 Å². The summed E-state index contributed by atoms with van der Waals surface area (Å²) in [5.74, 6) is 0.283. The van der Waals surface area contributed by atoms with Gasteiger partial charge >= 0.3 is 0 Å². The number of carbonyl (C=O) groups is 1. The molecule has 1 atom stereocenters. The Morgan fingerprint density at radius 3 is 2.58 bits per heavy atom. The summed E-state index contributed by atoms with van der Waals surface area (Å²) in [5, 5.41) is 17.1. The molecule has 132 valence electrons. The molecule has 6 nitrogen and oxygen atoms in total. The van der Waals surface area contributed by atoms with Crippen molar-refractivity contribution in [1.29, 1.82) is 0 Å². The smallest absolute Gasteiger partial charge is 0.279 e. The molecule has 0 unspecified atom stereocenters. The topological polar surface area (TPSA) is 78.5 Å². The van der Waals surface area contributed by atoms with Crippen LogP contribution >= 0.6 is 0 Å². The predicted molar refractivity (Wildman–Crippen MR) is 97.8 cm³/mol. The SMILES string of the molecule is COc1cc([C@H]2c3c(n[nH]c3C)C(=O)N2c2ccc(C)cc2)ccc1O. The molecule has 1 aliphatic rings. The zero-order valence-corrected chi connectivity index (χ0v) is 14.8. The van der Waals surface area contributed by atoms with E-state index in [1.54, 1.807) is 23.1 Å². The maximum atomic E-state index is 13.1. The van der Waals surface area contributed by atoms with Crippen LogP contribution in [0.15, 0.2) is 42.5 Å². The van der Waals surface area contributed by atoms with E-state index in [1.807, 2.05) is 38.1 Å². The van der Waals surface area contributed by atoms with Gasteiger partial charge in [-0.15, -0.1) is 0 Å². The number of aromatic nitrogens is 2. The summed E-state index contributed by atoms with van der Waals surface area (Å²) in [7, 11) is 1.50. The summed E-state index contributed by atoms with van der Waals surface area (Å²) < 4.78 is 5.25. The van der Waals surface area contributed by atoms with E-state index in [0.717, 1.165) is 28.1 Å². The lowest BCUT2D eigenvalue weighted by Gasteiger charge is -2.26. The summed E-state index contributed by atoms with van der Waals surface area (Å²) in [6.45, 7) is 3.91. The van der Waals surface area contributed by atoms with Gasteiger partial charge in [0.25, 0.3) is 5.91 Å². The molecule has 1 aliphatic heterocycles. The first-order valence-corrected chi connectivity index (χ1v) is 8.33. The molecule has 0 bridgehead atoms. The number of hydrogen-bond acceptors (Lipinski definition) is 4. The monoisotopic (exact) mass is 349 g/mol. The minimum absolute atomic E-state index is 0.0617. The second-order valence-corrected chi connectivity index (χ2v) is 6.46. The van der Waals surface area contributed by atoms with Gasteiger partial charge < -0.3 is 9.84 Å². The molecular weight excluding hydrogens is 330 g/mol. The maximum absolute atomic E-state index is 13.1. The highest BCUT2D eigenvalue weighted by molar-refractivity contribution is 6.10. The molecule has 0 saturated heterocycles. The van der Waals surface area contributed by atoms with Gasteiger partial charge in [0, 0.05) is 16.9 Å². The van der Waals surface area contributed by atoms with E-state index in [1.165, 1.54) is 7.11 Å². The third-order valence-electron chi connectivity index (χ3n) is 4.78. The number of phenols is 1. The number of rotatable bonds is 3. The number of aromatic amines is 1. The molecule has 1 amide bonds. The van der Waals surface area contributed by atoms with E-state index >= 15 is 0 Å². The van der Waals surface area contributed by atoms with Gasteiger partial charge in [-0.25, -0.2) is 0 Å². The largest absolute Gasteiger partial charge is 0.504 e. The minimum atomic E-state index is -0.339. The summed E-state index contributed by atoms with van der Waals surface area (Å²) in [6, 6.07) is 12.6. The second-order valence-electron chi connectivity index (χ2n) is 6.46. The number of aromatic hydroxyl groups is 1. The van der Waals surface area contributed by atoms with Crippen LogP contribution in [-0.4, -0.2) is 28.3 Å². The van der Waals surface area contributed by atoms with Gasteiger partial charge in [-0.1, -0.05) is 23.8 Å². The van der Waals surface area contributed by atoms with E-state index in [9.17, 15) is 9.90 Å². The van der Waals surface area contributed by atoms with Gasteiger partial charge in [0.15, 0.2) is 17.2 Å². The second kappa shape index (κ2) is 5.91. The van der Waals surface area contributed by atoms with Crippen LogP contribution in [0, 0.1) is 13.8 Å². The molecule has 2 aromatic carbocycles. The van der Waals surface area contributed by atoms with Crippen molar-refractivity contribution in [2.75, 3.05) is 12.0 Å². The summed E-state index contributed by atoms with van der Waals surface area (Å²) in [4.78, 5) is 14.8. The number of phenolic OH excluding ortho intramolecular Hbond substituents is 1. The lowest BCUT2D eigenvalue weighted by Crippen LogP contribution is -2.29. The van der Waals surface area contributed by atoms with Crippen molar-refractivity contribution in [1.82, 2.24) is 10.2 Å². The number of anilines is 1. The molecule has 1 aromatic heterocycles. The molecule has 0 spiro atoms. The van der Waals surface area contributed by atoms with Crippen LogP contribution in [0.2, 0.25) is 0 Å². The van der Waals surface area contributed by atoms with Gasteiger partial charge in [0.1, 0.15) is 0 Å². The van der Waals surface area contributed by atoms with Gasteiger partial charge in [0.2, 0.25) is 0 Å². The number of fused-ring (bicyclic) bond motifs is 1. The Kier molecular flexibility index (Phi) is 3.68. The molecule has 0 aliphatic carbocycles. The number of ether oxygens (including phenoxy) is 1. The van der Waals surface area contributed by atoms with E-state index in [0.29, 0.717) is 11.4 Å². The summed E-state index contributed by atoms with van der Waals surface area (Å²) in [6.07, 6.45) is 0. The summed E-state index contributed by atoms with van der Waals surface area (Å²) >= 11 is 0. The lowest BCUT2D eigenvalue weighted by atomic mass is 9.98. The molecule has 0 saturated carbocycles. The lowest BCUT2D eigenvalue weighted by molar-refractivity contribution is 0.0988. The number of carbonyl (C=O) groups excluding carboxylic acids is 1. The normalized spacial score (nSPS) is 16.0.